The van der Waals surface area contributed by atoms with Gasteiger partial charge in [-0.3, -0.25) is 9.59 Å². The Bertz CT molecular complexity index is 520. The molecule has 0 bridgehead atoms. The molecule has 0 unspecified atom stereocenters. The predicted molar refractivity (Wildman–Crippen MR) is 89.3 cm³/mol. The van der Waals surface area contributed by atoms with Crippen molar-refractivity contribution in [3.8, 4) is 0 Å². The Morgan fingerprint density at radius 2 is 1.87 bits per heavy atom. The van der Waals surface area contributed by atoms with Crippen LogP contribution in [-0.4, -0.2) is 50.1 Å². The molecular formula is C18H26N2O3. The fraction of sp³-hybridized carbons (Fsp3) is 0.556. The Balaban J connectivity index is 1.72. The quantitative estimate of drug-likeness (QED) is 0.873. The van der Waals surface area contributed by atoms with Crippen LogP contribution in [0.5, 0.6) is 0 Å². The van der Waals surface area contributed by atoms with Gasteiger partial charge in [0.2, 0.25) is 5.91 Å². The molecule has 0 radical (unpaired) electrons. The van der Waals surface area contributed by atoms with E-state index in [1.165, 1.54) is 7.11 Å². The Kier molecular flexibility index (Phi) is 6.59. The van der Waals surface area contributed by atoms with E-state index in [1.807, 2.05) is 36.1 Å². The van der Waals surface area contributed by atoms with Gasteiger partial charge in [-0.15, -0.1) is 0 Å². The third kappa shape index (κ3) is 5.36. The first-order valence-corrected chi connectivity index (χ1v) is 8.21. The number of aryl methyl sites for hydroxylation is 1. The molecule has 5 heteroatoms. The third-order valence-corrected chi connectivity index (χ3v) is 4.35. The van der Waals surface area contributed by atoms with Crippen LogP contribution in [0.15, 0.2) is 24.3 Å². The normalized spacial score (nSPS) is 15.5. The van der Waals surface area contributed by atoms with Crippen molar-refractivity contribution < 1.29 is 14.3 Å². The van der Waals surface area contributed by atoms with E-state index in [2.05, 4.69) is 5.32 Å². The number of piperidine rings is 1. The summed E-state index contributed by atoms with van der Waals surface area (Å²) < 4.78 is 4.78. The van der Waals surface area contributed by atoms with Crippen LogP contribution >= 0.6 is 0 Å². The van der Waals surface area contributed by atoms with Gasteiger partial charge in [0.1, 0.15) is 6.61 Å². The highest BCUT2D eigenvalue weighted by Gasteiger charge is 2.23. The lowest BCUT2D eigenvalue weighted by atomic mass is 9.93. The number of ether oxygens (including phenoxy) is 1. The van der Waals surface area contributed by atoms with E-state index in [-0.39, 0.29) is 18.4 Å². The summed E-state index contributed by atoms with van der Waals surface area (Å²) in [7, 11) is 1.51. The van der Waals surface area contributed by atoms with E-state index in [0.717, 1.165) is 43.5 Å². The van der Waals surface area contributed by atoms with Gasteiger partial charge in [0.05, 0.1) is 0 Å². The maximum atomic E-state index is 12.4. The van der Waals surface area contributed by atoms with Gasteiger partial charge in [0.25, 0.3) is 5.91 Å². The van der Waals surface area contributed by atoms with Gasteiger partial charge in [-0.1, -0.05) is 17.7 Å². The number of likely N-dealkylation sites (tertiary alicyclic amines) is 1. The molecule has 1 aliphatic rings. The molecule has 126 valence electrons. The second-order valence-electron chi connectivity index (χ2n) is 6.17. The smallest absolute Gasteiger partial charge is 0.253 e. The molecule has 1 aromatic carbocycles. The molecule has 1 N–H and O–H groups in total. The van der Waals surface area contributed by atoms with E-state index in [1.54, 1.807) is 0 Å². The number of nitrogens with one attached hydrogen (secondary N) is 1. The highest BCUT2D eigenvalue weighted by molar-refractivity contribution is 5.94. The minimum absolute atomic E-state index is 0.0699. The van der Waals surface area contributed by atoms with Crippen molar-refractivity contribution in [2.45, 2.75) is 26.2 Å². The summed E-state index contributed by atoms with van der Waals surface area (Å²) in [6, 6.07) is 7.75. The van der Waals surface area contributed by atoms with Crippen molar-refractivity contribution >= 4 is 11.8 Å². The molecule has 2 amide bonds. The zero-order valence-corrected chi connectivity index (χ0v) is 14.0. The molecule has 0 aromatic heterocycles. The highest BCUT2D eigenvalue weighted by Crippen LogP contribution is 2.21. The van der Waals surface area contributed by atoms with Crippen LogP contribution in [0.4, 0.5) is 0 Å². The summed E-state index contributed by atoms with van der Waals surface area (Å²) in [6.45, 7) is 4.40. The fourth-order valence-electron chi connectivity index (χ4n) is 2.90. The highest BCUT2D eigenvalue weighted by atomic mass is 16.5. The molecule has 2 rings (SSSR count). The molecule has 5 nitrogen and oxygen atoms in total. The number of carbonyl (C=O) groups is 2. The van der Waals surface area contributed by atoms with Crippen molar-refractivity contribution in [1.29, 1.82) is 0 Å². The van der Waals surface area contributed by atoms with Gasteiger partial charge in [-0.2, -0.15) is 0 Å². The van der Waals surface area contributed by atoms with Gasteiger partial charge in [0.15, 0.2) is 0 Å². The molecule has 1 fully saturated rings. The van der Waals surface area contributed by atoms with Crippen LogP contribution in [0.2, 0.25) is 0 Å². The molecule has 1 heterocycles. The summed E-state index contributed by atoms with van der Waals surface area (Å²) in [5, 5.41) is 2.85. The van der Waals surface area contributed by atoms with Crippen molar-refractivity contribution in [2.75, 3.05) is 33.4 Å². The van der Waals surface area contributed by atoms with Gasteiger partial charge < -0.3 is 15.0 Å². The van der Waals surface area contributed by atoms with Crippen LogP contribution in [0.3, 0.4) is 0 Å². The second kappa shape index (κ2) is 8.67. The van der Waals surface area contributed by atoms with E-state index >= 15 is 0 Å². The third-order valence-electron chi connectivity index (χ3n) is 4.35. The average molecular weight is 318 g/mol. The number of benzene rings is 1. The minimum atomic E-state index is -0.0699. The SMILES string of the molecule is COCC(=O)NCCC1CCN(C(=O)c2ccc(C)cc2)CC1. The average Bonchev–Trinajstić information content (AvgIpc) is 2.56. The Labute approximate surface area is 138 Å². The number of amides is 2. The Morgan fingerprint density at radius 1 is 1.22 bits per heavy atom. The van der Waals surface area contributed by atoms with Crippen molar-refractivity contribution in [3.05, 3.63) is 35.4 Å². The van der Waals surface area contributed by atoms with Gasteiger partial charge in [-0.05, 0) is 44.2 Å². The first-order valence-electron chi connectivity index (χ1n) is 8.21. The standard InChI is InChI=1S/C18H26N2O3/c1-14-3-5-16(6-4-14)18(22)20-11-8-15(9-12-20)7-10-19-17(21)13-23-2/h3-6,15H,7-13H2,1-2H3,(H,19,21). The number of rotatable bonds is 6. The maximum Gasteiger partial charge on any atom is 0.253 e. The molecular weight excluding hydrogens is 292 g/mol. The number of methoxy groups -OCH3 is 1. The number of nitrogens with zero attached hydrogens (tertiary/aromatic N) is 1. The molecule has 0 atom stereocenters. The van der Waals surface area contributed by atoms with Crippen LogP contribution < -0.4 is 5.32 Å². The number of hydrogen-bond donors (Lipinski definition) is 1. The summed E-state index contributed by atoms with van der Waals surface area (Å²) in [6.07, 6.45) is 2.96. The summed E-state index contributed by atoms with van der Waals surface area (Å²) >= 11 is 0. The molecule has 1 aliphatic heterocycles. The Morgan fingerprint density at radius 3 is 2.48 bits per heavy atom. The lowest BCUT2D eigenvalue weighted by Crippen LogP contribution is -2.39. The van der Waals surface area contributed by atoms with E-state index < -0.39 is 0 Å². The molecule has 0 aliphatic carbocycles. The van der Waals surface area contributed by atoms with Crippen LogP contribution in [0.1, 0.15) is 35.2 Å². The molecule has 1 aromatic rings. The van der Waals surface area contributed by atoms with Crippen molar-refractivity contribution in [3.63, 3.8) is 0 Å². The van der Waals surface area contributed by atoms with Crippen LogP contribution in [0, 0.1) is 12.8 Å². The minimum Gasteiger partial charge on any atom is -0.375 e. The maximum absolute atomic E-state index is 12.4. The number of carbonyl (C=O) groups excluding carboxylic acids is 2. The molecule has 0 saturated carbocycles. The summed E-state index contributed by atoms with van der Waals surface area (Å²) in [5.41, 5.74) is 1.93. The first-order chi connectivity index (χ1) is 11.1. The second-order valence-corrected chi connectivity index (χ2v) is 6.17. The number of hydrogen-bond acceptors (Lipinski definition) is 3. The van der Waals surface area contributed by atoms with Crippen molar-refractivity contribution in [1.82, 2.24) is 10.2 Å². The fourth-order valence-corrected chi connectivity index (χ4v) is 2.90. The molecule has 0 spiro atoms. The van der Waals surface area contributed by atoms with Crippen LogP contribution in [0.25, 0.3) is 0 Å². The first kappa shape index (κ1) is 17.5. The summed E-state index contributed by atoms with van der Waals surface area (Å²) in [4.78, 5) is 25.7. The summed E-state index contributed by atoms with van der Waals surface area (Å²) in [5.74, 6) is 0.622. The van der Waals surface area contributed by atoms with Crippen LogP contribution in [-0.2, 0) is 9.53 Å². The van der Waals surface area contributed by atoms with Gasteiger partial charge in [0, 0.05) is 32.3 Å². The lowest BCUT2D eigenvalue weighted by molar-refractivity contribution is -0.124. The topological polar surface area (TPSA) is 58.6 Å². The molecule has 1 saturated heterocycles. The van der Waals surface area contributed by atoms with E-state index in [0.29, 0.717) is 12.5 Å². The predicted octanol–water partition coefficient (Wildman–Crippen LogP) is 2.00. The largest absolute Gasteiger partial charge is 0.375 e. The van der Waals surface area contributed by atoms with Crippen molar-refractivity contribution in [2.24, 2.45) is 5.92 Å². The van der Waals surface area contributed by atoms with Gasteiger partial charge in [-0.25, -0.2) is 0 Å². The Hall–Kier alpha value is -1.88. The van der Waals surface area contributed by atoms with E-state index in [9.17, 15) is 9.59 Å². The van der Waals surface area contributed by atoms with Gasteiger partial charge >= 0.3 is 0 Å². The van der Waals surface area contributed by atoms with E-state index in [4.69, 9.17) is 4.74 Å². The monoisotopic (exact) mass is 318 g/mol. The lowest BCUT2D eigenvalue weighted by Gasteiger charge is -2.32. The zero-order valence-electron chi connectivity index (χ0n) is 14.0. The molecule has 23 heavy (non-hydrogen) atoms. The zero-order chi connectivity index (χ0) is 16.7.